The summed E-state index contributed by atoms with van der Waals surface area (Å²) in [5.41, 5.74) is 7.29. The third kappa shape index (κ3) is 6.77. The second-order valence-corrected chi connectivity index (χ2v) is 6.18. The van der Waals surface area contributed by atoms with Crippen LogP contribution in [0.1, 0.15) is 24.8 Å². The minimum atomic E-state index is -4.72. The summed E-state index contributed by atoms with van der Waals surface area (Å²) >= 11 is 0. The zero-order valence-electron chi connectivity index (χ0n) is 14.9. The Labute approximate surface area is 178 Å². The number of halogens is 4. The highest BCUT2D eigenvalue weighted by Gasteiger charge is 2.30. The minimum absolute atomic E-state index is 0. The van der Waals surface area contributed by atoms with Gasteiger partial charge >= 0.3 is 6.36 Å². The molecule has 1 aliphatic carbocycles. The number of guanidine groups is 1. The number of para-hydroxylation sites is 1. The van der Waals surface area contributed by atoms with Gasteiger partial charge in [0.25, 0.3) is 0 Å². The summed E-state index contributed by atoms with van der Waals surface area (Å²) in [6, 6.07) is 12.9. The number of alkyl halides is 3. The maximum atomic E-state index is 12.2. The average molecular weight is 507 g/mol. The SMILES string of the molecule is I.NC(=NCc1ccccc1OC1CCC1)Nc1ccc(OC(F)(F)F)cc1. The van der Waals surface area contributed by atoms with Crippen molar-refractivity contribution in [3.8, 4) is 11.5 Å². The second-order valence-electron chi connectivity index (χ2n) is 6.18. The van der Waals surface area contributed by atoms with Crippen molar-refractivity contribution in [2.24, 2.45) is 10.7 Å². The molecule has 0 unspecified atom stereocenters. The lowest BCUT2D eigenvalue weighted by Crippen LogP contribution is -2.25. The van der Waals surface area contributed by atoms with Crippen molar-refractivity contribution in [3.05, 3.63) is 54.1 Å². The van der Waals surface area contributed by atoms with E-state index in [0.717, 1.165) is 24.2 Å². The fraction of sp³-hybridized carbons (Fsp3) is 0.316. The molecule has 0 atom stereocenters. The first-order chi connectivity index (χ1) is 12.9. The molecule has 0 aliphatic heterocycles. The van der Waals surface area contributed by atoms with Gasteiger partial charge in [0, 0.05) is 11.3 Å². The average Bonchev–Trinajstić information content (AvgIpc) is 2.57. The normalized spacial score (nSPS) is 14.6. The molecule has 152 valence electrons. The van der Waals surface area contributed by atoms with E-state index in [1.165, 1.54) is 30.7 Å². The molecule has 3 N–H and O–H groups in total. The van der Waals surface area contributed by atoms with Crippen molar-refractivity contribution in [1.29, 1.82) is 0 Å². The standard InChI is InChI=1S/C19H20F3N3O2.HI/c20-19(21,22)27-16-10-8-14(9-11-16)25-18(23)24-12-13-4-1-2-7-17(13)26-15-5-3-6-15;/h1-2,4,7-11,15H,3,5-6,12H2,(H3,23,24,25);1H. The van der Waals surface area contributed by atoms with Gasteiger partial charge in [-0.3, -0.25) is 0 Å². The van der Waals surface area contributed by atoms with Gasteiger partial charge in [-0.15, -0.1) is 37.1 Å². The van der Waals surface area contributed by atoms with E-state index in [1.54, 1.807) is 0 Å². The highest BCUT2D eigenvalue weighted by atomic mass is 127. The molecule has 5 nitrogen and oxygen atoms in total. The molecule has 1 aliphatic rings. The number of ether oxygens (including phenoxy) is 2. The van der Waals surface area contributed by atoms with Crippen LogP contribution >= 0.6 is 24.0 Å². The third-order valence-corrected chi connectivity index (χ3v) is 4.10. The van der Waals surface area contributed by atoms with Crippen LogP contribution in [0.4, 0.5) is 18.9 Å². The Morgan fingerprint density at radius 2 is 1.79 bits per heavy atom. The number of rotatable bonds is 6. The van der Waals surface area contributed by atoms with Gasteiger partial charge in [-0.25, -0.2) is 4.99 Å². The summed E-state index contributed by atoms with van der Waals surface area (Å²) in [7, 11) is 0. The van der Waals surface area contributed by atoms with Crippen molar-refractivity contribution in [2.75, 3.05) is 5.32 Å². The lowest BCUT2D eigenvalue weighted by atomic mass is 9.96. The largest absolute Gasteiger partial charge is 0.573 e. The number of anilines is 1. The fourth-order valence-electron chi connectivity index (χ4n) is 2.52. The van der Waals surface area contributed by atoms with Crippen molar-refractivity contribution >= 4 is 35.6 Å². The number of benzene rings is 2. The van der Waals surface area contributed by atoms with Gasteiger partial charge in [-0.1, -0.05) is 18.2 Å². The van der Waals surface area contributed by atoms with Crippen LogP contribution in [0, 0.1) is 0 Å². The van der Waals surface area contributed by atoms with Gasteiger partial charge in [-0.2, -0.15) is 0 Å². The van der Waals surface area contributed by atoms with E-state index >= 15 is 0 Å². The highest BCUT2D eigenvalue weighted by molar-refractivity contribution is 14.0. The van der Waals surface area contributed by atoms with E-state index in [4.69, 9.17) is 10.5 Å². The maximum absolute atomic E-state index is 12.2. The highest BCUT2D eigenvalue weighted by Crippen LogP contribution is 2.28. The summed E-state index contributed by atoms with van der Waals surface area (Å²) in [6.07, 6.45) is -1.13. The molecular formula is C19H21F3IN3O2. The molecule has 28 heavy (non-hydrogen) atoms. The Bertz CT molecular complexity index is 794. The van der Waals surface area contributed by atoms with Gasteiger partial charge in [0.15, 0.2) is 5.96 Å². The molecule has 0 bridgehead atoms. The van der Waals surface area contributed by atoms with Crippen molar-refractivity contribution < 1.29 is 22.6 Å². The van der Waals surface area contributed by atoms with Gasteiger partial charge in [0.1, 0.15) is 11.5 Å². The number of hydrogen-bond acceptors (Lipinski definition) is 3. The minimum Gasteiger partial charge on any atom is -0.490 e. The van der Waals surface area contributed by atoms with Gasteiger partial charge in [0.05, 0.1) is 12.6 Å². The van der Waals surface area contributed by atoms with E-state index in [1.807, 2.05) is 24.3 Å². The number of aliphatic imine (C=N–C) groups is 1. The van der Waals surface area contributed by atoms with Crippen LogP contribution in [0.2, 0.25) is 0 Å². The molecule has 9 heteroatoms. The van der Waals surface area contributed by atoms with Crippen molar-refractivity contribution in [1.82, 2.24) is 0 Å². The first kappa shape index (κ1) is 22.1. The number of nitrogens with zero attached hydrogens (tertiary/aromatic N) is 1. The maximum Gasteiger partial charge on any atom is 0.573 e. The quantitative estimate of drug-likeness (QED) is 0.326. The first-order valence-electron chi connectivity index (χ1n) is 8.56. The molecule has 1 fully saturated rings. The van der Waals surface area contributed by atoms with E-state index in [9.17, 15) is 13.2 Å². The predicted molar refractivity (Wildman–Crippen MR) is 112 cm³/mol. The predicted octanol–water partition coefficient (Wildman–Crippen LogP) is 5.06. The summed E-state index contributed by atoms with van der Waals surface area (Å²) < 4.78 is 46.3. The lowest BCUT2D eigenvalue weighted by Gasteiger charge is -2.27. The van der Waals surface area contributed by atoms with E-state index in [0.29, 0.717) is 12.2 Å². The molecule has 2 aromatic carbocycles. The van der Waals surface area contributed by atoms with E-state index in [2.05, 4.69) is 15.0 Å². The fourth-order valence-corrected chi connectivity index (χ4v) is 2.52. The molecule has 0 radical (unpaired) electrons. The zero-order chi connectivity index (χ0) is 19.3. The number of nitrogens with one attached hydrogen (secondary N) is 1. The molecule has 2 aromatic rings. The topological polar surface area (TPSA) is 68.9 Å². The van der Waals surface area contributed by atoms with Crippen molar-refractivity contribution in [2.45, 2.75) is 38.3 Å². The second kappa shape index (κ2) is 9.85. The molecule has 3 rings (SSSR count). The van der Waals surface area contributed by atoms with Gasteiger partial charge in [-0.05, 0) is 49.6 Å². The molecule has 0 heterocycles. The Morgan fingerprint density at radius 1 is 1.11 bits per heavy atom. The molecule has 0 amide bonds. The van der Waals surface area contributed by atoms with Crippen LogP contribution < -0.4 is 20.5 Å². The van der Waals surface area contributed by atoms with E-state index < -0.39 is 6.36 Å². The lowest BCUT2D eigenvalue weighted by molar-refractivity contribution is -0.274. The van der Waals surface area contributed by atoms with Crippen LogP contribution in [-0.4, -0.2) is 18.4 Å². The summed E-state index contributed by atoms with van der Waals surface area (Å²) in [4.78, 5) is 4.28. The number of nitrogens with two attached hydrogens (primary N) is 1. The molecule has 0 saturated heterocycles. The first-order valence-corrected chi connectivity index (χ1v) is 8.56. The van der Waals surface area contributed by atoms with Gasteiger partial charge < -0.3 is 20.5 Å². The zero-order valence-corrected chi connectivity index (χ0v) is 17.2. The van der Waals surface area contributed by atoms with Crippen LogP contribution in [0.25, 0.3) is 0 Å². The van der Waals surface area contributed by atoms with Crippen LogP contribution in [0.15, 0.2) is 53.5 Å². The molecule has 0 spiro atoms. The van der Waals surface area contributed by atoms with Crippen molar-refractivity contribution in [3.63, 3.8) is 0 Å². The monoisotopic (exact) mass is 507 g/mol. The molecule has 1 saturated carbocycles. The van der Waals surface area contributed by atoms with Crippen LogP contribution in [-0.2, 0) is 6.54 Å². The number of hydrogen-bond donors (Lipinski definition) is 2. The summed E-state index contributed by atoms with van der Waals surface area (Å²) in [5, 5.41) is 2.83. The Hall–Kier alpha value is -2.17. The Kier molecular flexibility index (Phi) is 7.78. The Balaban J connectivity index is 0.00000280. The molecule has 0 aromatic heterocycles. The van der Waals surface area contributed by atoms with Gasteiger partial charge in [0.2, 0.25) is 0 Å². The summed E-state index contributed by atoms with van der Waals surface area (Å²) in [6.45, 7) is 0.330. The smallest absolute Gasteiger partial charge is 0.490 e. The summed E-state index contributed by atoms with van der Waals surface area (Å²) in [5.74, 6) is 0.649. The van der Waals surface area contributed by atoms with Crippen LogP contribution in [0.5, 0.6) is 11.5 Å². The van der Waals surface area contributed by atoms with E-state index in [-0.39, 0.29) is 41.8 Å². The third-order valence-electron chi connectivity index (χ3n) is 4.10. The van der Waals surface area contributed by atoms with Crippen LogP contribution in [0.3, 0.4) is 0 Å². The molecular weight excluding hydrogens is 486 g/mol. The Morgan fingerprint density at radius 3 is 2.39 bits per heavy atom.